The van der Waals surface area contributed by atoms with E-state index in [0.717, 1.165) is 5.56 Å². The molecule has 0 aliphatic rings. The van der Waals surface area contributed by atoms with Crippen molar-refractivity contribution in [3.05, 3.63) is 65.5 Å². The summed E-state index contributed by atoms with van der Waals surface area (Å²) in [7, 11) is 2.81. The number of hydrogen-bond acceptors (Lipinski definition) is 3. The molecule has 25 heavy (non-hydrogen) atoms. The molecule has 2 rings (SSSR count). The molecule has 0 aliphatic heterocycles. The molecule has 6 heteroatoms. The molecule has 0 aliphatic carbocycles. The molecule has 0 saturated carbocycles. The number of aliphatic carboxylic acids is 1. The topological polar surface area (TPSA) is 66.8 Å². The molecule has 0 radical (unpaired) electrons. The Morgan fingerprint density at radius 1 is 1.16 bits per heavy atom. The number of nitrogens with zero attached hydrogens (tertiary/aromatic N) is 1. The Bertz CT molecular complexity index is 748. The third-order valence-electron chi connectivity index (χ3n) is 3.99. The normalized spacial score (nSPS) is 11.6. The van der Waals surface area contributed by atoms with E-state index in [4.69, 9.17) is 4.74 Å². The minimum absolute atomic E-state index is 0.0873. The minimum atomic E-state index is -1.08. The zero-order valence-corrected chi connectivity index (χ0v) is 14.1. The van der Waals surface area contributed by atoms with Crippen LogP contribution in [-0.2, 0) is 22.4 Å². The van der Waals surface area contributed by atoms with E-state index < -0.39 is 23.7 Å². The maximum Gasteiger partial charge on any atom is 0.326 e. The van der Waals surface area contributed by atoms with E-state index in [1.54, 1.807) is 6.07 Å². The lowest BCUT2D eigenvalue weighted by Crippen LogP contribution is -2.44. The summed E-state index contributed by atoms with van der Waals surface area (Å²) in [6.07, 6.45) is 0.116. The van der Waals surface area contributed by atoms with Gasteiger partial charge >= 0.3 is 5.97 Å². The van der Waals surface area contributed by atoms with Gasteiger partial charge < -0.3 is 14.7 Å². The highest BCUT2D eigenvalue weighted by Gasteiger charge is 2.26. The predicted octanol–water partition coefficient (Wildman–Crippen LogP) is 2.53. The van der Waals surface area contributed by atoms with Crippen LogP contribution in [0.4, 0.5) is 4.39 Å². The zero-order chi connectivity index (χ0) is 18.4. The molecule has 0 fully saturated rings. The summed E-state index contributed by atoms with van der Waals surface area (Å²) in [5.74, 6) is -1.94. The van der Waals surface area contributed by atoms with Crippen molar-refractivity contribution < 1.29 is 23.8 Å². The number of carbonyl (C=O) groups excluding carboxylic acids is 1. The first-order chi connectivity index (χ1) is 11.9. The molecule has 0 heterocycles. The molecule has 2 aromatic carbocycles. The largest absolute Gasteiger partial charge is 0.494 e. The van der Waals surface area contributed by atoms with E-state index in [1.807, 2.05) is 30.3 Å². The smallest absolute Gasteiger partial charge is 0.326 e. The third kappa shape index (κ3) is 4.79. The highest BCUT2D eigenvalue weighted by Crippen LogP contribution is 2.19. The average Bonchev–Trinajstić information content (AvgIpc) is 2.60. The fourth-order valence-corrected chi connectivity index (χ4v) is 2.52. The standard InChI is InChI=1S/C19H20FNO4/c1-21(16(19(23)24)11-13-6-4-3-5-7-13)18(22)12-14-8-9-17(25-2)15(20)10-14/h3-10,16H,11-12H2,1-2H3,(H,23,24). The molecule has 2 aromatic rings. The van der Waals surface area contributed by atoms with Gasteiger partial charge in [0.1, 0.15) is 6.04 Å². The van der Waals surface area contributed by atoms with Crippen LogP contribution in [0, 0.1) is 5.82 Å². The first-order valence-corrected chi connectivity index (χ1v) is 7.77. The van der Waals surface area contributed by atoms with Gasteiger partial charge in [-0.1, -0.05) is 36.4 Å². The van der Waals surface area contributed by atoms with Gasteiger partial charge in [-0.25, -0.2) is 9.18 Å². The van der Waals surface area contributed by atoms with Crippen LogP contribution < -0.4 is 4.74 Å². The number of halogens is 1. The summed E-state index contributed by atoms with van der Waals surface area (Å²) in [6.45, 7) is 0. The van der Waals surface area contributed by atoms with Crippen LogP contribution in [-0.4, -0.2) is 42.1 Å². The van der Waals surface area contributed by atoms with Crippen molar-refractivity contribution in [3.8, 4) is 5.75 Å². The van der Waals surface area contributed by atoms with Gasteiger partial charge in [0.05, 0.1) is 13.5 Å². The van der Waals surface area contributed by atoms with E-state index in [9.17, 15) is 19.1 Å². The lowest BCUT2D eigenvalue weighted by Gasteiger charge is -2.25. The maximum atomic E-state index is 13.7. The first-order valence-electron chi connectivity index (χ1n) is 7.77. The van der Waals surface area contributed by atoms with Gasteiger partial charge in [-0.3, -0.25) is 4.79 Å². The minimum Gasteiger partial charge on any atom is -0.494 e. The molecule has 0 bridgehead atoms. The van der Waals surface area contributed by atoms with Gasteiger partial charge in [0.25, 0.3) is 0 Å². The average molecular weight is 345 g/mol. The van der Waals surface area contributed by atoms with Gasteiger partial charge in [0.2, 0.25) is 5.91 Å². The molecule has 0 aromatic heterocycles. The second-order valence-corrected chi connectivity index (χ2v) is 5.69. The summed E-state index contributed by atoms with van der Waals surface area (Å²) >= 11 is 0. The highest BCUT2D eigenvalue weighted by atomic mass is 19.1. The molecule has 1 unspecified atom stereocenters. The number of likely N-dealkylation sites (N-methyl/N-ethyl adjacent to an activating group) is 1. The van der Waals surface area contributed by atoms with Crippen LogP contribution in [0.3, 0.4) is 0 Å². The third-order valence-corrected chi connectivity index (χ3v) is 3.99. The maximum absolute atomic E-state index is 13.7. The summed E-state index contributed by atoms with van der Waals surface area (Å²) < 4.78 is 18.6. The molecule has 1 atom stereocenters. The zero-order valence-electron chi connectivity index (χ0n) is 14.1. The first kappa shape index (κ1) is 18.4. The van der Waals surface area contributed by atoms with Crippen molar-refractivity contribution >= 4 is 11.9 Å². The Labute approximate surface area is 145 Å². The fraction of sp³-hybridized carbons (Fsp3) is 0.263. The summed E-state index contributed by atoms with van der Waals surface area (Å²) in [4.78, 5) is 25.2. The van der Waals surface area contributed by atoms with Crippen LogP contribution in [0.25, 0.3) is 0 Å². The van der Waals surface area contributed by atoms with Crippen LogP contribution in [0.2, 0.25) is 0 Å². The Kier molecular flexibility index (Phi) is 6.11. The van der Waals surface area contributed by atoms with Gasteiger partial charge in [0, 0.05) is 13.5 Å². The van der Waals surface area contributed by atoms with Gasteiger partial charge in [-0.05, 0) is 23.3 Å². The molecule has 0 saturated heterocycles. The molecular weight excluding hydrogens is 325 g/mol. The van der Waals surface area contributed by atoms with E-state index >= 15 is 0 Å². The highest BCUT2D eigenvalue weighted by molar-refractivity contribution is 5.85. The lowest BCUT2D eigenvalue weighted by molar-refractivity contribution is -0.148. The van der Waals surface area contributed by atoms with E-state index in [1.165, 1.54) is 31.2 Å². The van der Waals surface area contributed by atoms with E-state index in [2.05, 4.69) is 0 Å². The Morgan fingerprint density at radius 3 is 2.40 bits per heavy atom. The van der Waals surface area contributed by atoms with Crippen molar-refractivity contribution in [1.82, 2.24) is 4.90 Å². The number of ether oxygens (including phenoxy) is 1. The number of carbonyl (C=O) groups is 2. The number of amides is 1. The lowest BCUT2D eigenvalue weighted by atomic mass is 10.0. The van der Waals surface area contributed by atoms with Gasteiger partial charge in [-0.2, -0.15) is 0 Å². The number of carboxylic acids is 1. The van der Waals surface area contributed by atoms with Crippen LogP contribution in [0.5, 0.6) is 5.75 Å². The summed E-state index contributed by atoms with van der Waals surface area (Å²) in [5.41, 5.74) is 1.28. The molecule has 1 N–H and O–H groups in total. The monoisotopic (exact) mass is 345 g/mol. The number of rotatable bonds is 7. The van der Waals surface area contributed by atoms with Crippen LogP contribution in [0.1, 0.15) is 11.1 Å². The second-order valence-electron chi connectivity index (χ2n) is 5.69. The van der Waals surface area contributed by atoms with Crippen LogP contribution in [0.15, 0.2) is 48.5 Å². The SMILES string of the molecule is COc1ccc(CC(=O)N(C)C(Cc2ccccc2)C(=O)O)cc1F. The number of hydrogen-bond donors (Lipinski definition) is 1. The predicted molar refractivity (Wildman–Crippen MR) is 91.0 cm³/mol. The Morgan fingerprint density at radius 2 is 1.84 bits per heavy atom. The van der Waals surface area contributed by atoms with Crippen molar-refractivity contribution in [2.45, 2.75) is 18.9 Å². The number of carboxylic acid groups (broad SMARTS) is 1. The second kappa shape index (κ2) is 8.28. The summed E-state index contributed by atoms with van der Waals surface area (Å²) in [6, 6.07) is 12.4. The summed E-state index contributed by atoms with van der Waals surface area (Å²) in [5, 5.41) is 9.46. The Balaban J connectivity index is 2.10. The number of benzene rings is 2. The quantitative estimate of drug-likeness (QED) is 0.837. The van der Waals surface area contributed by atoms with Crippen molar-refractivity contribution in [3.63, 3.8) is 0 Å². The molecule has 5 nitrogen and oxygen atoms in total. The van der Waals surface area contributed by atoms with Crippen molar-refractivity contribution in [1.29, 1.82) is 0 Å². The van der Waals surface area contributed by atoms with Gasteiger partial charge in [0.15, 0.2) is 11.6 Å². The Hall–Kier alpha value is -2.89. The molecular formula is C19H20FNO4. The van der Waals surface area contributed by atoms with Crippen molar-refractivity contribution in [2.75, 3.05) is 14.2 Å². The van der Waals surface area contributed by atoms with E-state index in [-0.39, 0.29) is 18.6 Å². The van der Waals surface area contributed by atoms with Crippen LogP contribution >= 0.6 is 0 Å². The van der Waals surface area contributed by atoms with E-state index in [0.29, 0.717) is 5.56 Å². The fourth-order valence-electron chi connectivity index (χ4n) is 2.52. The molecule has 1 amide bonds. The number of methoxy groups -OCH3 is 1. The van der Waals surface area contributed by atoms with Gasteiger partial charge in [-0.15, -0.1) is 0 Å². The van der Waals surface area contributed by atoms with Crippen molar-refractivity contribution in [2.24, 2.45) is 0 Å². The molecule has 132 valence electrons. The molecule has 0 spiro atoms.